The van der Waals surface area contributed by atoms with E-state index in [0.717, 1.165) is 6.54 Å². The number of hydrogen-bond acceptors (Lipinski definition) is 3. The lowest BCUT2D eigenvalue weighted by Crippen LogP contribution is -2.17. The molecule has 0 fully saturated rings. The van der Waals surface area contributed by atoms with Gasteiger partial charge in [-0.3, -0.25) is 4.68 Å². The first kappa shape index (κ1) is 12.3. The van der Waals surface area contributed by atoms with Crippen molar-refractivity contribution in [2.45, 2.75) is 33.4 Å². The number of nitrogens with one attached hydrogen (secondary N) is 1. The van der Waals surface area contributed by atoms with Gasteiger partial charge in [-0.15, -0.1) is 11.3 Å². The highest BCUT2D eigenvalue weighted by Gasteiger charge is 2.09. The molecule has 0 bridgehead atoms. The highest BCUT2D eigenvalue weighted by molar-refractivity contribution is 7.12. The number of thiophene rings is 1. The van der Waals surface area contributed by atoms with Gasteiger partial charge >= 0.3 is 0 Å². The fourth-order valence-corrected chi connectivity index (χ4v) is 2.67. The molecule has 2 rings (SSSR count). The van der Waals surface area contributed by atoms with Crippen LogP contribution in [-0.4, -0.2) is 9.78 Å². The van der Waals surface area contributed by atoms with E-state index in [1.165, 1.54) is 21.0 Å². The maximum absolute atomic E-state index is 4.25. The van der Waals surface area contributed by atoms with E-state index >= 15 is 0 Å². The molecule has 0 radical (unpaired) electrons. The molecule has 3 nitrogen and oxygen atoms in total. The standard InChI is InChI=1S/C13H19N3S/c1-9-5-6-13(17-9)10(2)14-7-12-8-15-16(4)11(12)3/h5-6,8,10,14H,7H2,1-4H3. The Bertz CT molecular complexity index is 498. The van der Waals surface area contributed by atoms with Crippen LogP contribution in [0.5, 0.6) is 0 Å². The molecule has 92 valence electrons. The van der Waals surface area contributed by atoms with Crippen LogP contribution in [0, 0.1) is 13.8 Å². The molecule has 2 aromatic rings. The van der Waals surface area contributed by atoms with Crippen molar-refractivity contribution in [2.24, 2.45) is 7.05 Å². The third kappa shape index (κ3) is 2.76. The van der Waals surface area contributed by atoms with Crippen LogP contribution in [-0.2, 0) is 13.6 Å². The molecule has 1 N–H and O–H groups in total. The van der Waals surface area contributed by atoms with E-state index in [9.17, 15) is 0 Å². The second kappa shape index (κ2) is 5.02. The first-order valence-corrected chi connectivity index (χ1v) is 6.66. The largest absolute Gasteiger partial charge is 0.305 e. The summed E-state index contributed by atoms with van der Waals surface area (Å²) in [7, 11) is 1.98. The van der Waals surface area contributed by atoms with Crippen LogP contribution in [0.2, 0.25) is 0 Å². The van der Waals surface area contributed by atoms with Crippen LogP contribution in [0.25, 0.3) is 0 Å². The van der Waals surface area contributed by atoms with E-state index in [1.54, 1.807) is 0 Å². The van der Waals surface area contributed by atoms with Gasteiger partial charge in [0.2, 0.25) is 0 Å². The predicted molar refractivity (Wildman–Crippen MR) is 72.3 cm³/mol. The molecule has 1 atom stereocenters. The van der Waals surface area contributed by atoms with Gasteiger partial charge in [-0.1, -0.05) is 0 Å². The maximum Gasteiger partial charge on any atom is 0.0537 e. The number of rotatable bonds is 4. The molecule has 0 saturated carbocycles. The monoisotopic (exact) mass is 249 g/mol. The van der Waals surface area contributed by atoms with Crippen molar-refractivity contribution in [1.82, 2.24) is 15.1 Å². The molecule has 2 aromatic heterocycles. The molecule has 0 aliphatic rings. The Morgan fingerprint density at radius 3 is 2.71 bits per heavy atom. The fraction of sp³-hybridized carbons (Fsp3) is 0.462. The Morgan fingerprint density at radius 2 is 2.18 bits per heavy atom. The Balaban J connectivity index is 1.96. The molecule has 0 amide bonds. The van der Waals surface area contributed by atoms with Crippen molar-refractivity contribution in [3.8, 4) is 0 Å². The van der Waals surface area contributed by atoms with Crippen molar-refractivity contribution >= 4 is 11.3 Å². The van der Waals surface area contributed by atoms with Crippen molar-refractivity contribution in [3.05, 3.63) is 39.3 Å². The van der Waals surface area contributed by atoms with Crippen LogP contribution >= 0.6 is 11.3 Å². The van der Waals surface area contributed by atoms with Gasteiger partial charge in [0.15, 0.2) is 0 Å². The second-order valence-corrected chi connectivity index (χ2v) is 5.75. The lowest BCUT2D eigenvalue weighted by atomic mass is 10.2. The molecule has 0 spiro atoms. The minimum absolute atomic E-state index is 0.397. The smallest absolute Gasteiger partial charge is 0.0537 e. The SMILES string of the molecule is Cc1ccc(C(C)NCc2cnn(C)c2C)s1. The van der Waals surface area contributed by atoms with Crippen LogP contribution in [0.1, 0.15) is 34.0 Å². The molecule has 0 aliphatic heterocycles. The third-order valence-electron chi connectivity index (χ3n) is 3.12. The number of aromatic nitrogens is 2. The summed E-state index contributed by atoms with van der Waals surface area (Å²) < 4.78 is 1.91. The number of hydrogen-bond donors (Lipinski definition) is 1. The highest BCUT2D eigenvalue weighted by atomic mass is 32.1. The summed E-state index contributed by atoms with van der Waals surface area (Å²) in [5.41, 5.74) is 2.50. The number of nitrogens with zero attached hydrogens (tertiary/aromatic N) is 2. The fourth-order valence-electron chi connectivity index (χ4n) is 1.77. The average Bonchev–Trinajstić information content (AvgIpc) is 2.86. The molecule has 17 heavy (non-hydrogen) atoms. The average molecular weight is 249 g/mol. The lowest BCUT2D eigenvalue weighted by Gasteiger charge is -2.11. The molecular weight excluding hydrogens is 230 g/mol. The Kier molecular flexibility index (Phi) is 3.64. The first-order chi connectivity index (χ1) is 8.08. The van der Waals surface area contributed by atoms with Gasteiger partial charge in [-0.05, 0) is 32.9 Å². The van der Waals surface area contributed by atoms with Crippen molar-refractivity contribution < 1.29 is 0 Å². The summed E-state index contributed by atoms with van der Waals surface area (Å²) in [5.74, 6) is 0. The van der Waals surface area contributed by atoms with Gasteiger partial charge in [0.25, 0.3) is 0 Å². The van der Waals surface area contributed by atoms with E-state index in [0.29, 0.717) is 6.04 Å². The second-order valence-electron chi connectivity index (χ2n) is 4.43. The molecule has 0 aliphatic carbocycles. The van der Waals surface area contributed by atoms with E-state index in [1.807, 2.05) is 29.3 Å². The zero-order valence-corrected chi connectivity index (χ0v) is 11.6. The quantitative estimate of drug-likeness (QED) is 0.903. The van der Waals surface area contributed by atoms with Crippen LogP contribution in [0.15, 0.2) is 18.3 Å². The normalized spacial score (nSPS) is 12.9. The summed E-state index contributed by atoms with van der Waals surface area (Å²) in [5, 5.41) is 7.79. The minimum atomic E-state index is 0.397. The van der Waals surface area contributed by atoms with Gasteiger partial charge in [0, 0.05) is 40.6 Å². The lowest BCUT2D eigenvalue weighted by molar-refractivity contribution is 0.580. The van der Waals surface area contributed by atoms with Gasteiger partial charge in [-0.2, -0.15) is 5.10 Å². The van der Waals surface area contributed by atoms with Crippen molar-refractivity contribution in [1.29, 1.82) is 0 Å². The van der Waals surface area contributed by atoms with E-state index in [4.69, 9.17) is 0 Å². The molecule has 2 heterocycles. The van der Waals surface area contributed by atoms with E-state index in [2.05, 4.69) is 43.3 Å². The summed E-state index contributed by atoms with van der Waals surface area (Å²) in [4.78, 5) is 2.76. The summed E-state index contributed by atoms with van der Waals surface area (Å²) in [6.45, 7) is 7.32. The van der Waals surface area contributed by atoms with Gasteiger partial charge < -0.3 is 5.32 Å². The van der Waals surface area contributed by atoms with E-state index in [-0.39, 0.29) is 0 Å². The topological polar surface area (TPSA) is 29.9 Å². The van der Waals surface area contributed by atoms with Crippen molar-refractivity contribution in [2.75, 3.05) is 0 Å². The zero-order valence-electron chi connectivity index (χ0n) is 10.8. The molecule has 0 aromatic carbocycles. The molecule has 1 unspecified atom stereocenters. The van der Waals surface area contributed by atoms with Gasteiger partial charge in [0.1, 0.15) is 0 Å². The minimum Gasteiger partial charge on any atom is -0.305 e. The third-order valence-corrected chi connectivity index (χ3v) is 4.31. The Morgan fingerprint density at radius 1 is 1.41 bits per heavy atom. The summed E-state index contributed by atoms with van der Waals surface area (Å²) in [6, 6.07) is 4.77. The summed E-state index contributed by atoms with van der Waals surface area (Å²) >= 11 is 1.86. The Hall–Kier alpha value is -1.13. The first-order valence-electron chi connectivity index (χ1n) is 5.85. The molecule has 4 heteroatoms. The predicted octanol–water partition coefficient (Wildman–Crippen LogP) is 2.95. The highest BCUT2D eigenvalue weighted by Crippen LogP contribution is 2.22. The molecular formula is C13H19N3S. The van der Waals surface area contributed by atoms with Crippen molar-refractivity contribution in [3.63, 3.8) is 0 Å². The number of aryl methyl sites for hydroxylation is 2. The Labute approximate surface area is 106 Å². The van der Waals surface area contributed by atoms with Crippen LogP contribution < -0.4 is 5.32 Å². The summed E-state index contributed by atoms with van der Waals surface area (Å²) in [6.07, 6.45) is 1.94. The maximum atomic E-state index is 4.25. The zero-order chi connectivity index (χ0) is 12.4. The van der Waals surface area contributed by atoms with Gasteiger partial charge in [-0.25, -0.2) is 0 Å². The van der Waals surface area contributed by atoms with Crippen LogP contribution in [0.3, 0.4) is 0 Å². The van der Waals surface area contributed by atoms with Crippen LogP contribution in [0.4, 0.5) is 0 Å². The molecule has 0 saturated heterocycles. The van der Waals surface area contributed by atoms with E-state index < -0.39 is 0 Å². The van der Waals surface area contributed by atoms with Gasteiger partial charge in [0.05, 0.1) is 6.20 Å².